The van der Waals surface area contributed by atoms with Crippen molar-refractivity contribution in [3.63, 3.8) is 0 Å². The first kappa shape index (κ1) is 36.1. The Bertz CT molecular complexity index is 81.3. The average Bonchev–Trinajstić information content (AvgIpc) is 2.10. The predicted octanol–water partition coefficient (Wildman–Crippen LogP) is -5.94. The molecule has 0 aliphatic carbocycles. The quantitative estimate of drug-likeness (QED) is 0.281. The van der Waals surface area contributed by atoms with E-state index < -0.39 is 8.25 Å². The standard InChI is InChI=1S/C3H9N.2C2H4.2Na.H3O3P/c1-2-3-4;2*1-2;;;1-4(2)3/h2-4H2,1H3;2*1-2H2;;;4H,(H2,1,2,3)/q;;;2*+1;/p-2. The molecular weight excluding hydrogens is 223 g/mol. The molecule has 76 valence electrons. The second-order valence-corrected chi connectivity index (χ2v) is 1.54. The van der Waals surface area contributed by atoms with Gasteiger partial charge in [0.15, 0.2) is 0 Å². The smallest absolute Gasteiger partial charge is 0.813 e. The molecule has 0 bridgehead atoms. The summed E-state index contributed by atoms with van der Waals surface area (Å²) < 4.78 is 8.52. The van der Waals surface area contributed by atoms with Crippen LogP contribution in [0.1, 0.15) is 13.3 Å². The first-order valence-corrected chi connectivity index (χ1v) is 4.45. The van der Waals surface area contributed by atoms with Gasteiger partial charge in [-0.1, -0.05) is 15.2 Å². The van der Waals surface area contributed by atoms with Crippen LogP contribution in [-0.2, 0) is 4.57 Å². The minimum atomic E-state index is -3.63. The van der Waals surface area contributed by atoms with Crippen molar-refractivity contribution in [2.24, 2.45) is 5.73 Å². The van der Waals surface area contributed by atoms with Crippen molar-refractivity contribution in [2.45, 2.75) is 13.3 Å². The molecule has 0 aliphatic heterocycles. The van der Waals surface area contributed by atoms with Gasteiger partial charge in [0.2, 0.25) is 0 Å². The van der Waals surface area contributed by atoms with Gasteiger partial charge in [0.1, 0.15) is 0 Å². The van der Waals surface area contributed by atoms with Crippen molar-refractivity contribution < 1.29 is 73.5 Å². The monoisotopic (exact) mass is 241 g/mol. The van der Waals surface area contributed by atoms with E-state index in [1.165, 1.54) is 0 Å². The van der Waals surface area contributed by atoms with Crippen LogP contribution in [0.15, 0.2) is 26.3 Å². The van der Waals surface area contributed by atoms with Gasteiger partial charge in [0.05, 0.1) is 0 Å². The Morgan fingerprint density at radius 3 is 1.21 bits per heavy atom. The molecule has 2 N–H and O–H groups in total. The molecule has 0 spiro atoms. The van der Waals surface area contributed by atoms with Crippen molar-refractivity contribution in [1.82, 2.24) is 0 Å². The van der Waals surface area contributed by atoms with Gasteiger partial charge in [-0.05, 0) is 13.0 Å². The Balaban J connectivity index is -0.0000000153. The van der Waals surface area contributed by atoms with Gasteiger partial charge in [-0.3, -0.25) is 0 Å². The Hall–Kier alpha value is 1.59. The molecule has 0 amide bonds. The molecule has 0 saturated heterocycles. The van der Waals surface area contributed by atoms with E-state index in [0.717, 1.165) is 13.0 Å². The molecule has 0 radical (unpaired) electrons. The molecule has 0 aromatic rings. The normalized spacial score (nSPS) is 5.21. The zero-order chi connectivity index (χ0) is 11.0. The molecule has 0 saturated carbocycles. The zero-order valence-electron chi connectivity index (χ0n) is 9.54. The molecule has 0 rings (SSSR count). The Kier molecular flexibility index (Phi) is 160. The third-order valence-electron chi connectivity index (χ3n) is 0.289. The van der Waals surface area contributed by atoms with E-state index in [0.29, 0.717) is 0 Å². The van der Waals surface area contributed by atoms with Crippen LogP contribution in [-0.4, -0.2) is 6.54 Å². The SMILES string of the molecule is C=C.C=C.CCCN.O=[PH]([O-])[O-].[Na+].[Na+]. The second kappa shape index (κ2) is 62.0. The van der Waals surface area contributed by atoms with Crippen molar-refractivity contribution in [1.29, 1.82) is 0 Å². The molecule has 0 heterocycles. The van der Waals surface area contributed by atoms with E-state index in [1.54, 1.807) is 0 Å². The molecule has 0 aliphatic rings. The third-order valence-corrected chi connectivity index (χ3v) is 0.289. The molecular formula is C7H18NNa2O3P. The summed E-state index contributed by atoms with van der Waals surface area (Å²) >= 11 is 0. The van der Waals surface area contributed by atoms with Crippen molar-refractivity contribution >= 4 is 8.25 Å². The molecule has 14 heavy (non-hydrogen) atoms. The summed E-state index contributed by atoms with van der Waals surface area (Å²) in [6.45, 7) is 14.9. The summed E-state index contributed by atoms with van der Waals surface area (Å²) in [6.07, 6.45) is 1.10. The van der Waals surface area contributed by atoms with E-state index >= 15 is 0 Å². The van der Waals surface area contributed by atoms with Crippen molar-refractivity contribution in [3.05, 3.63) is 26.3 Å². The van der Waals surface area contributed by atoms with Gasteiger partial charge in [-0.25, -0.2) is 0 Å². The summed E-state index contributed by atoms with van der Waals surface area (Å²) in [5, 5.41) is 0. The zero-order valence-corrected chi connectivity index (χ0v) is 14.5. The fraction of sp³-hybridized carbons (Fsp3) is 0.429. The molecule has 0 atom stereocenters. The van der Waals surface area contributed by atoms with Crippen LogP contribution in [0.5, 0.6) is 0 Å². The van der Waals surface area contributed by atoms with Crippen LogP contribution in [0.2, 0.25) is 0 Å². The van der Waals surface area contributed by atoms with Gasteiger partial charge in [0, 0.05) is 0 Å². The topological polar surface area (TPSA) is 89.2 Å². The minimum Gasteiger partial charge on any atom is -0.813 e. The van der Waals surface area contributed by atoms with Crippen molar-refractivity contribution in [2.75, 3.05) is 6.54 Å². The van der Waals surface area contributed by atoms with Gasteiger partial charge in [0.25, 0.3) is 0 Å². The maximum atomic E-state index is 8.52. The van der Waals surface area contributed by atoms with Crippen molar-refractivity contribution in [3.8, 4) is 0 Å². The Morgan fingerprint density at radius 1 is 1.14 bits per heavy atom. The van der Waals surface area contributed by atoms with Gasteiger partial charge >= 0.3 is 59.1 Å². The van der Waals surface area contributed by atoms with Gasteiger partial charge in [-0.2, -0.15) is 0 Å². The molecule has 0 aromatic heterocycles. The Labute approximate surface area is 132 Å². The molecule has 0 aromatic carbocycles. The number of nitrogens with two attached hydrogens (primary N) is 1. The average molecular weight is 241 g/mol. The molecule has 0 fully saturated rings. The van der Waals surface area contributed by atoms with E-state index in [2.05, 4.69) is 33.2 Å². The fourth-order valence-corrected chi connectivity index (χ4v) is 0. The summed E-state index contributed by atoms with van der Waals surface area (Å²) in [5.74, 6) is 0. The van der Waals surface area contributed by atoms with Crippen LogP contribution in [0.3, 0.4) is 0 Å². The first-order chi connectivity index (χ1) is 5.65. The largest absolute Gasteiger partial charge is 1.00 e. The number of hydrogen-bond acceptors (Lipinski definition) is 4. The maximum absolute atomic E-state index is 8.52. The number of hydrogen-bond donors (Lipinski definition) is 1. The van der Waals surface area contributed by atoms with Crippen LogP contribution < -0.4 is 74.6 Å². The van der Waals surface area contributed by atoms with E-state index in [9.17, 15) is 0 Å². The summed E-state index contributed by atoms with van der Waals surface area (Å²) in [6, 6.07) is 0. The molecule has 4 nitrogen and oxygen atoms in total. The maximum Gasteiger partial charge on any atom is 1.00 e. The van der Waals surface area contributed by atoms with Crippen LogP contribution in [0, 0.1) is 0 Å². The molecule has 0 unspecified atom stereocenters. The third kappa shape index (κ3) is 321. The fourth-order valence-electron chi connectivity index (χ4n) is 0. The van der Waals surface area contributed by atoms with E-state index in [-0.39, 0.29) is 59.1 Å². The molecule has 7 heteroatoms. The number of rotatable bonds is 1. The Morgan fingerprint density at radius 2 is 1.21 bits per heavy atom. The van der Waals surface area contributed by atoms with E-state index in [4.69, 9.17) is 20.1 Å². The van der Waals surface area contributed by atoms with Gasteiger partial charge < -0.3 is 20.1 Å². The minimum absolute atomic E-state index is 0. The second-order valence-electron chi connectivity index (χ2n) is 1.04. The van der Waals surface area contributed by atoms with Gasteiger partial charge in [-0.15, -0.1) is 26.3 Å². The van der Waals surface area contributed by atoms with E-state index in [1.807, 2.05) is 0 Å². The summed E-state index contributed by atoms with van der Waals surface area (Å²) in [5.41, 5.74) is 5.03. The van der Waals surface area contributed by atoms with Crippen LogP contribution in [0.25, 0.3) is 0 Å². The predicted molar refractivity (Wildman–Crippen MR) is 50.9 cm³/mol. The summed E-state index contributed by atoms with van der Waals surface area (Å²) in [4.78, 5) is 17.0. The van der Waals surface area contributed by atoms with Crippen LogP contribution in [0.4, 0.5) is 0 Å². The first-order valence-electron chi connectivity index (χ1n) is 3.23. The van der Waals surface area contributed by atoms with Crippen LogP contribution >= 0.6 is 8.25 Å². The summed E-state index contributed by atoms with van der Waals surface area (Å²) in [7, 11) is -3.63.